The first-order valence-electron chi connectivity index (χ1n) is 12.8. The Labute approximate surface area is 202 Å². The van der Waals surface area contributed by atoms with Gasteiger partial charge in [-0.25, -0.2) is 0 Å². The molecule has 1 fully saturated rings. The van der Waals surface area contributed by atoms with E-state index in [-0.39, 0.29) is 30.4 Å². The maximum Gasteiger partial charge on any atom is 0.286 e. The number of benzene rings is 2. The number of rotatable bonds is 8. The fourth-order valence-electron chi connectivity index (χ4n) is 5.84. The fraction of sp³-hybridized carbons (Fsp3) is 0.483. The van der Waals surface area contributed by atoms with Gasteiger partial charge in [0.15, 0.2) is 5.76 Å². The van der Waals surface area contributed by atoms with Gasteiger partial charge < -0.3 is 19.9 Å². The van der Waals surface area contributed by atoms with E-state index in [0.29, 0.717) is 18.8 Å². The van der Waals surface area contributed by atoms with Gasteiger partial charge in [0.2, 0.25) is 6.29 Å². The summed E-state index contributed by atoms with van der Waals surface area (Å²) in [6.07, 6.45) is 8.22. The van der Waals surface area contributed by atoms with Gasteiger partial charge in [0.25, 0.3) is 5.91 Å². The second kappa shape index (κ2) is 10.3. The average Bonchev–Trinajstić information content (AvgIpc) is 3.50. The molecule has 0 unspecified atom stereocenters. The summed E-state index contributed by atoms with van der Waals surface area (Å²) in [5.74, 6) is 0.224. The Kier molecular flexibility index (Phi) is 7.02. The van der Waals surface area contributed by atoms with Crippen molar-refractivity contribution in [3.8, 4) is 11.1 Å². The molecular formula is C29H35NO4. The number of carbonyl (C=O) groups excluding carboxylic acids is 1. The SMILES string of the molecule is CCO[C@@H]1OC(C(=O)NC2CCCC2)=C[C@H](c2ccc3c(c2)Cc2ccccc2-3)[C@@H]1CCCO. The minimum atomic E-state index is -0.513. The summed E-state index contributed by atoms with van der Waals surface area (Å²) >= 11 is 0. The van der Waals surface area contributed by atoms with Crippen LogP contribution in [0.2, 0.25) is 0 Å². The van der Waals surface area contributed by atoms with Crippen molar-refractivity contribution in [2.24, 2.45) is 5.92 Å². The second-order valence-corrected chi connectivity index (χ2v) is 9.73. The quantitative estimate of drug-likeness (QED) is 0.492. The van der Waals surface area contributed by atoms with Crippen LogP contribution in [0, 0.1) is 5.92 Å². The van der Waals surface area contributed by atoms with Crippen molar-refractivity contribution in [1.82, 2.24) is 5.32 Å². The molecule has 1 heterocycles. The van der Waals surface area contributed by atoms with Crippen molar-refractivity contribution < 1.29 is 19.4 Å². The monoisotopic (exact) mass is 461 g/mol. The number of carbonyl (C=O) groups is 1. The molecule has 3 aliphatic rings. The molecule has 2 N–H and O–H groups in total. The zero-order chi connectivity index (χ0) is 23.5. The number of aliphatic hydroxyl groups excluding tert-OH is 1. The fourth-order valence-corrected chi connectivity index (χ4v) is 5.84. The third-order valence-corrected chi connectivity index (χ3v) is 7.53. The van der Waals surface area contributed by atoms with Crippen LogP contribution < -0.4 is 5.32 Å². The first kappa shape index (κ1) is 23.1. The first-order valence-corrected chi connectivity index (χ1v) is 12.8. The van der Waals surface area contributed by atoms with Gasteiger partial charge in [0, 0.05) is 31.1 Å². The number of amides is 1. The van der Waals surface area contributed by atoms with Crippen LogP contribution >= 0.6 is 0 Å². The molecule has 0 bridgehead atoms. The standard InChI is InChI=1S/C29H35NO4/c1-2-33-29-25(12-7-15-31)26(18-27(34-29)28(32)30-22-9-4-5-10-22)20-13-14-24-21(17-20)16-19-8-3-6-11-23(19)24/h3,6,8,11,13-14,17-18,22,25-26,29,31H,2,4-5,7,9-10,12,15-16H2,1H3,(H,30,32)/t25-,26+,29+/m0/s1. The van der Waals surface area contributed by atoms with Gasteiger partial charge in [-0.3, -0.25) is 4.79 Å². The lowest BCUT2D eigenvalue weighted by atomic mass is 9.80. The predicted molar refractivity (Wildman–Crippen MR) is 132 cm³/mol. The Morgan fingerprint density at radius 1 is 1.12 bits per heavy atom. The van der Waals surface area contributed by atoms with Crippen LogP contribution in [0.15, 0.2) is 54.3 Å². The van der Waals surface area contributed by atoms with Crippen LogP contribution in [-0.4, -0.2) is 36.6 Å². The third-order valence-electron chi connectivity index (χ3n) is 7.53. The van der Waals surface area contributed by atoms with Gasteiger partial charge in [-0.15, -0.1) is 0 Å². The van der Waals surface area contributed by atoms with E-state index < -0.39 is 6.29 Å². The Morgan fingerprint density at radius 2 is 1.91 bits per heavy atom. The lowest BCUT2D eigenvalue weighted by Gasteiger charge is -2.37. The van der Waals surface area contributed by atoms with Gasteiger partial charge >= 0.3 is 0 Å². The van der Waals surface area contributed by atoms with E-state index >= 15 is 0 Å². The smallest absolute Gasteiger partial charge is 0.286 e. The maximum absolute atomic E-state index is 13.1. The number of nitrogens with one attached hydrogen (secondary N) is 1. The van der Waals surface area contributed by atoms with Crippen molar-refractivity contribution in [3.05, 3.63) is 71.0 Å². The van der Waals surface area contributed by atoms with Crippen LogP contribution in [0.3, 0.4) is 0 Å². The molecule has 0 saturated heterocycles. The Hall–Kier alpha value is -2.63. The summed E-state index contributed by atoms with van der Waals surface area (Å²) in [5, 5.41) is 12.7. The minimum absolute atomic E-state index is 0.0183. The first-order chi connectivity index (χ1) is 16.7. The molecule has 1 aliphatic heterocycles. The topological polar surface area (TPSA) is 67.8 Å². The van der Waals surface area contributed by atoms with Gasteiger partial charge in [-0.2, -0.15) is 0 Å². The van der Waals surface area contributed by atoms with Gasteiger partial charge in [-0.05, 0) is 72.9 Å². The highest BCUT2D eigenvalue weighted by Gasteiger charge is 2.38. The van der Waals surface area contributed by atoms with Crippen molar-refractivity contribution in [2.45, 2.75) is 70.1 Å². The zero-order valence-corrected chi connectivity index (χ0v) is 20.0. The van der Waals surface area contributed by atoms with Crippen LogP contribution in [0.1, 0.15) is 68.1 Å². The highest BCUT2D eigenvalue weighted by Crippen LogP contribution is 2.43. The number of hydrogen-bond donors (Lipinski definition) is 2. The van der Waals surface area contributed by atoms with Gasteiger partial charge in [-0.1, -0.05) is 55.3 Å². The van der Waals surface area contributed by atoms with E-state index in [0.717, 1.165) is 38.5 Å². The van der Waals surface area contributed by atoms with E-state index in [1.54, 1.807) is 0 Å². The number of aliphatic hydroxyl groups is 1. The van der Waals surface area contributed by atoms with Crippen molar-refractivity contribution in [2.75, 3.05) is 13.2 Å². The van der Waals surface area contributed by atoms with Crippen molar-refractivity contribution in [3.63, 3.8) is 0 Å². The molecule has 5 rings (SSSR count). The second-order valence-electron chi connectivity index (χ2n) is 9.73. The largest absolute Gasteiger partial charge is 0.459 e. The van der Waals surface area contributed by atoms with E-state index in [2.05, 4.69) is 47.8 Å². The molecule has 1 amide bonds. The Balaban J connectivity index is 1.48. The molecule has 0 spiro atoms. The number of ether oxygens (including phenoxy) is 2. The normalized spacial score (nSPS) is 23.7. The van der Waals surface area contributed by atoms with E-state index in [4.69, 9.17) is 9.47 Å². The van der Waals surface area contributed by atoms with E-state index in [1.807, 2.05) is 13.0 Å². The predicted octanol–water partition coefficient (Wildman–Crippen LogP) is 5.07. The summed E-state index contributed by atoms with van der Waals surface area (Å²) in [4.78, 5) is 13.1. The Bertz CT molecular complexity index is 1060. The molecule has 2 aromatic rings. The molecule has 0 radical (unpaired) electrons. The molecule has 0 aromatic heterocycles. The molecule has 5 heteroatoms. The average molecular weight is 462 g/mol. The number of hydrogen-bond acceptors (Lipinski definition) is 4. The van der Waals surface area contributed by atoms with E-state index in [1.165, 1.54) is 27.8 Å². The molecule has 180 valence electrons. The van der Waals surface area contributed by atoms with Gasteiger partial charge in [0.1, 0.15) is 0 Å². The van der Waals surface area contributed by atoms with Crippen molar-refractivity contribution in [1.29, 1.82) is 0 Å². The maximum atomic E-state index is 13.1. The zero-order valence-electron chi connectivity index (χ0n) is 20.0. The highest BCUT2D eigenvalue weighted by molar-refractivity contribution is 5.92. The van der Waals surface area contributed by atoms with Gasteiger partial charge in [0.05, 0.1) is 0 Å². The highest BCUT2D eigenvalue weighted by atomic mass is 16.7. The summed E-state index contributed by atoms with van der Waals surface area (Å²) in [6, 6.07) is 15.5. The third kappa shape index (κ3) is 4.64. The molecule has 2 aromatic carbocycles. The molecule has 3 atom stereocenters. The van der Waals surface area contributed by atoms with Crippen LogP contribution in [0.4, 0.5) is 0 Å². The minimum Gasteiger partial charge on any atom is -0.459 e. The molecule has 34 heavy (non-hydrogen) atoms. The summed E-state index contributed by atoms with van der Waals surface area (Å²) in [7, 11) is 0. The molecule has 2 aliphatic carbocycles. The summed E-state index contributed by atoms with van der Waals surface area (Å²) in [5.41, 5.74) is 6.46. The van der Waals surface area contributed by atoms with Crippen LogP contribution in [0.25, 0.3) is 11.1 Å². The van der Waals surface area contributed by atoms with Crippen LogP contribution in [-0.2, 0) is 20.7 Å². The Morgan fingerprint density at radius 3 is 2.71 bits per heavy atom. The molecule has 5 nitrogen and oxygen atoms in total. The van der Waals surface area contributed by atoms with E-state index in [9.17, 15) is 9.90 Å². The van der Waals surface area contributed by atoms with Crippen molar-refractivity contribution >= 4 is 5.91 Å². The number of fused-ring (bicyclic) bond motifs is 3. The summed E-state index contributed by atoms with van der Waals surface area (Å²) < 4.78 is 12.2. The van der Waals surface area contributed by atoms with Crippen LogP contribution in [0.5, 0.6) is 0 Å². The number of allylic oxidation sites excluding steroid dienone is 1. The lowest BCUT2D eigenvalue weighted by Crippen LogP contribution is -2.41. The molecular weight excluding hydrogens is 426 g/mol. The molecule has 1 saturated carbocycles. The lowest BCUT2D eigenvalue weighted by molar-refractivity contribution is -0.166. The summed E-state index contributed by atoms with van der Waals surface area (Å²) in [6.45, 7) is 2.58.